The van der Waals surface area contributed by atoms with Gasteiger partial charge in [-0.05, 0) is 54.5 Å². The fourth-order valence-corrected chi connectivity index (χ4v) is 2.94. The molecule has 1 atom stereocenters. The van der Waals surface area contributed by atoms with Gasteiger partial charge in [0.05, 0.1) is 0 Å². The van der Waals surface area contributed by atoms with Crippen molar-refractivity contribution < 1.29 is 9.53 Å². The third-order valence-electron chi connectivity index (χ3n) is 4.18. The highest BCUT2D eigenvalue weighted by molar-refractivity contribution is 5.87. The Morgan fingerprint density at radius 1 is 1.26 bits per heavy atom. The minimum absolute atomic E-state index is 0.0231. The first kappa shape index (κ1) is 15.5. The van der Waals surface area contributed by atoms with E-state index < -0.39 is 0 Å². The molecule has 0 aliphatic heterocycles. The molecule has 1 fully saturated rings. The van der Waals surface area contributed by atoms with Crippen LogP contribution in [0.4, 0.5) is 0 Å². The Bertz CT molecular complexity index is 724. The van der Waals surface area contributed by atoms with Gasteiger partial charge in [0.15, 0.2) is 6.61 Å². The summed E-state index contributed by atoms with van der Waals surface area (Å²) in [5, 5.41) is 6.49. The summed E-state index contributed by atoms with van der Waals surface area (Å²) in [6.07, 6.45) is 4.36. The van der Waals surface area contributed by atoms with Crippen LogP contribution in [-0.2, 0) is 4.79 Å². The molecule has 1 amide bonds. The number of amides is 1. The van der Waals surface area contributed by atoms with E-state index in [2.05, 4.69) is 17.5 Å². The number of benzene rings is 2. The molecule has 0 aromatic heterocycles. The van der Waals surface area contributed by atoms with Crippen LogP contribution in [0.15, 0.2) is 47.6 Å². The first-order chi connectivity index (χ1) is 11.2. The van der Waals surface area contributed by atoms with E-state index >= 15 is 0 Å². The third kappa shape index (κ3) is 4.31. The van der Waals surface area contributed by atoms with E-state index in [0.29, 0.717) is 11.7 Å². The minimum atomic E-state index is -0.219. The van der Waals surface area contributed by atoms with Gasteiger partial charge in [-0.1, -0.05) is 37.3 Å². The van der Waals surface area contributed by atoms with Gasteiger partial charge >= 0.3 is 0 Å². The summed E-state index contributed by atoms with van der Waals surface area (Å²) in [6.45, 7) is 2.20. The smallest absolute Gasteiger partial charge is 0.277 e. The summed E-state index contributed by atoms with van der Waals surface area (Å²) in [7, 11) is 0. The average Bonchev–Trinajstić information content (AvgIpc) is 2.58. The highest BCUT2D eigenvalue weighted by atomic mass is 16.5. The van der Waals surface area contributed by atoms with Gasteiger partial charge in [0.2, 0.25) is 0 Å². The van der Waals surface area contributed by atoms with Gasteiger partial charge in [0.1, 0.15) is 5.75 Å². The number of hydrogen-bond donors (Lipinski definition) is 1. The normalized spacial score (nSPS) is 19.7. The summed E-state index contributed by atoms with van der Waals surface area (Å²) in [5.41, 5.74) is 3.69. The molecule has 4 nitrogen and oxygen atoms in total. The minimum Gasteiger partial charge on any atom is -0.484 e. The lowest BCUT2D eigenvalue weighted by molar-refractivity contribution is -0.123. The lowest BCUT2D eigenvalue weighted by atomic mass is 9.89. The molecule has 1 aliphatic rings. The maximum Gasteiger partial charge on any atom is 0.277 e. The monoisotopic (exact) mass is 310 g/mol. The van der Waals surface area contributed by atoms with E-state index in [1.165, 1.54) is 6.42 Å². The number of carbonyl (C=O) groups is 1. The van der Waals surface area contributed by atoms with E-state index in [9.17, 15) is 4.79 Å². The highest BCUT2D eigenvalue weighted by Crippen LogP contribution is 2.21. The fraction of sp³-hybridized carbons (Fsp3) is 0.368. The summed E-state index contributed by atoms with van der Waals surface area (Å²) in [4.78, 5) is 11.9. The maximum absolute atomic E-state index is 11.9. The maximum atomic E-state index is 11.9. The Morgan fingerprint density at radius 3 is 2.91 bits per heavy atom. The Balaban J connectivity index is 1.52. The molecular weight excluding hydrogens is 288 g/mol. The van der Waals surface area contributed by atoms with Crippen LogP contribution < -0.4 is 10.2 Å². The lowest BCUT2D eigenvalue weighted by Gasteiger charge is -2.18. The van der Waals surface area contributed by atoms with Crippen LogP contribution in [0.25, 0.3) is 10.8 Å². The van der Waals surface area contributed by atoms with E-state index in [4.69, 9.17) is 4.74 Å². The molecule has 23 heavy (non-hydrogen) atoms. The van der Waals surface area contributed by atoms with Gasteiger partial charge in [-0.3, -0.25) is 4.79 Å². The molecule has 0 unspecified atom stereocenters. The zero-order valence-electron chi connectivity index (χ0n) is 13.4. The molecule has 1 saturated carbocycles. The summed E-state index contributed by atoms with van der Waals surface area (Å²) in [6, 6.07) is 13.9. The zero-order chi connectivity index (χ0) is 16.1. The highest BCUT2D eigenvalue weighted by Gasteiger charge is 2.14. The Labute approximate surface area is 136 Å². The standard InChI is InChI=1S/C19H22N2O2/c1-14-5-4-8-17(11-14)20-21-19(22)13-23-18-10-9-15-6-2-3-7-16(15)12-18/h2-3,6-7,9-10,12,14H,4-5,8,11,13H2,1H3,(H,21,22)/t14-/m0/s1. The Kier molecular flexibility index (Phi) is 4.91. The molecule has 120 valence electrons. The molecule has 2 aromatic rings. The van der Waals surface area contributed by atoms with Crippen molar-refractivity contribution in [2.24, 2.45) is 11.0 Å². The van der Waals surface area contributed by atoms with Gasteiger partial charge in [-0.2, -0.15) is 5.10 Å². The van der Waals surface area contributed by atoms with Gasteiger partial charge in [0.25, 0.3) is 5.91 Å². The van der Waals surface area contributed by atoms with Crippen LogP contribution >= 0.6 is 0 Å². The number of hydrogen-bond acceptors (Lipinski definition) is 3. The van der Waals surface area contributed by atoms with E-state index in [-0.39, 0.29) is 12.5 Å². The first-order valence-corrected chi connectivity index (χ1v) is 8.16. The summed E-state index contributed by atoms with van der Waals surface area (Å²) < 4.78 is 5.56. The van der Waals surface area contributed by atoms with Crippen LogP contribution in [0.1, 0.15) is 32.6 Å². The van der Waals surface area contributed by atoms with Gasteiger partial charge < -0.3 is 4.74 Å². The van der Waals surface area contributed by atoms with Gasteiger partial charge in [-0.15, -0.1) is 0 Å². The van der Waals surface area contributed by atoms with E-state index in [1.54, 1.807) is 0 Å². The molecule has 3 rings (SSSR count). The van der Waals surface area contributed by atoms with Crippen LogP contribution in [-0.4, -0.2) is 18.2 Å². The van der Waals surface area contributed by atoms with E-state index in [0.717, 1.165) is 35.7 Å². The number of nitrogens with one attached hydrogen (secondary N) is 1. The van der Waals surface area contributed by atoms with Crippen molar-refractivity contribution in [2.75, 3.05) is 6.61 Å². The summed E-state index contributed by atoms with van der Waals surface area (Å²) in [5.74, 6) is 1.13. The lowest BCUT2D eigenvalue weighted by Crippen LogP contribution is -2.27. The molecule has 0 saturated heterocycles. The Hall–Kier alpha value is -2.36. The van der Waals surface area contributed by atoms with Crippen molar-refractivity contribution in [1.29, 1.82) is 0 Å². The Morgan fingerprint density at radius 2 is 2.09 bits per heavy atom. The predicted molar refractivity (Wildman–Crippen MR) is 92.7 cm³/mol. The number of hydrazone groups is 1. The number of fused-ring (bicyclic) bond motifs is 1. The van der Waals surface area contributed by atoms with Crippen molar-refractivity contribution in [3.05, 3.63) is 42.5 Å². The molecule has 0 heterocycles. The van der Waals surface area contributed by atoms with Crippen molar-refractivity contribution >= 4 is 22.4 Å². The zero-order valence-corrected chi connectivity index (χ0v) is 13.4. The van der Waals surface area contributed by atoms with Crippen molar-refractivity contribution in [1.82, 2.24) is 5.43 Å². The molecule has 0 radical (unpaired) electrons. The molecular formula is C19H22N2O2. The second kappa shape index (κ2) is 7.27. The SMILES string of the molecule is C[C@H]1CCCC(=NNC(=O)COc2ccc3ccccc3c2)C1. The molecule has 4 heteroatoms. The number of nitrogens with zero attached hydrogens (tertiary/aromatic N) is 1. The molecule has 0 bridgehead atoms. The largest absolute Gasteiger partial charge is 0.484 e. The van der Waals surface area contributed by atoms with Crippen LogP contribution in [0.3, 0.4) is 0 Å². The number of carbonyl (C=O) groups excluding carboxylic acids is 1. The molecule has 1 aliphatic carbocycles. The predicted octanol–water partition coefficient (Wildman–Crippen LogP) is 3.90. The van der Waals surface area contributed by atoms with Gasteiger partial charge in [-0.25, -0.2) is 5.43 Å². The molecule has 0 spiro atoms. The van der Waals surface area contributed by atoms with E-state index in [1.807, 2.05) is 42.5 Å². The summed E-state index contributed by atoms with van der Waals surface area (Å²) >= 11 is 0. The van der Waals surface area contributed by atoms with Crippen molar-refractivity contribution in [3.63, 3.8) is 0 Å². The second-order valence-electron chi connectivity index (χ2n) is 6.21. The fourth-order valence-electron chi connectivity index (χ4n) is 2.94. The van der Waals surface area contributed by atoms with Gasteiger partial charge in [0, 0.05) is 5.71 Å². The topological polar surface area (TPSA) is 50.7 Å². The van der Waals surface area contributed by atoms with Crippen molar-refractivity contribution in [2.45, 2.75) is 32.6 Å². The second-order valence-corrected chi connectivity index (χ2v) is 6.21. The van der Waals surface area contributed by atoms with Crippen molar-refractivity contribution in [3.8, 4) is 5.75 Å². The molecule has 2 aromatic carbocycles. The van der Waals surface area contributed by atoms with Crippen LogP contribution in [0.5, 0.6) is 5.75 Å². The third-order valence-corrected chi connectivity index (χ3v) is 4.18. The average molecular weight is 310 g/mol. The quantitative estimate of drug-likeness (QED) is 0.871. The number of rotatable bonds is 4. The molecule has 1 N–H and O–H groups in total. The first-order valence-electron chi connectivity index (χ1n) is 8.16. The van der Waals surface area contributed by atoms with Crippen LogP contribution in [0.2, 0.25) is 0 Å². The van der Waals surface area contributed by atoms with Crippen LogP contribution in [0, 0.1) is 5.92 Å². The number of ether oxygens (including phenoxy) is 1.